The minimum atomic E-state index is -0.459. The molecule has 0 spiro atoms. The molecule has 0 saturated carbocycles. The molecule has 0 heterocycles. The summed E-state index contributed by atoms with van der Waals surface area (Å²) in [5, 5.41) is 0. The summed E-state index contributed by atoms with van der Waals surface area (Å²) in [6, 6.07) is 11.1. The van der Waals surface area contributed by atoms with Crippen molar-refractivity contribution in [1.29, 1.82) is 0 Å². The number of ether oxygens (including phenoxy) is 1. The normalized spacial score (nSPS) is 10.2. The minimum Gasteiger partial charge on any atom is -0.455 e. The highest BCUT2D eigenvalue weighted by molar-refractivity contribution is 9.10. The van der Waals surface area contributed by atoms with Crippen LogP contribution in [0.25, 0.3) is 0 Å². The van der Waals surface area contributed by atoms with Crippen molar-refractivity contribution < 1.29 is 13.9 Å². The minimum absolute atomic E-state index is 0.228. The number of para-hydroxylation sites is 1. The van der Waals surface area contributed by atoms with Crippen molar-refractivity contribution in [2.45, 2.75) is 6.92 Å². The van der Waals surface area contributed by atoms with Crippen LogP contribution in [0.3, 0.4) is 0 Å². The molecule has 0 amide bonds. The van der Waals surface area contributed by atoms with Crippen LogP contribution in [0.15, 0.2) is 46.9 Å². The number of ketones is 1. The number of hydrogen-bond acceptors (Lipinski definition) is 2. The summed E-state index contributed by atoms with van der Waals surface area (Å²) < 4.78 is 19.5. The predicted molar refractivity (Wildman–Crippen MR) is 70.6 cm³/mol. The summed E-state index contributed by atoms with van der Waals surface area (Å²) in [6.07, 6.45) is 0. The van der Waals surface area contributed by atoms with Crippen molar-refractivity contribution in [1.82, 2.24) is 0 Å². The molecule has 0 aromatic heterocycles. The lowest BCUT2D eigenvalue weighted by Crippen LogP contribution is -1.98. The van der Waals surface area contributed by atoms with E-state index in [9.17, 15) is 9.18 Å². The van der Waals surface area contributed by atoms with E-state index in [2.05, 4.69) is 15.9 Å². The average Bonchev–Trinajstić information content (AvgIpc) is 2.34. The van der Waals surface area contributed by atoms with Gasteiger partial charge in [0.2, 0.25) is 0 Å². The first-order chi connectivity index (χ1) is 8.58. The van der Waals surface area contributed by atoms with E-state index in [1.807, 2.05) is 18.2 Å². The van der Waals surface area contributed by atoms with Crippen LogP contribution in [-0.4, -0.2) is 5.78 Å². The van der Waals surface area contributed by atoms with Gasteiger partial charge in [-0.15, -0.1) is 0 Å². The SMILES string of the molecule is CC(=O)c1cc(F)ccc1Oc1ccccc1Br. The first-order valence-corrected chi connectivity index (χ1v) is 6.10. The van der Waals surface area contributed by atoms with Gasteiger partial charge in [-0.25, -0.2) is 4.39 Å². The van der Waals surface area contributed by atoms with E-state index in [1.165, 1.54) is 25.1 Å². The third-order valence-electron chi connectivity index (χ3n) is 2.38. The highest BCUT2D eigenvalue weighted by Crippen LogP contribution is 2.31. The summed E-state index contributed by atoms with van der Waals surface area (Å²) in [5.74, 6) is 0.221. The predicted octanol–water partition coefficient (Wildman–Crippen LogP) is 4.58. The Morgan fingerprint density at radius 3 is 2.56 bits per heavy atom. The smallest absolute Gasteiger partial charge is 0.163 e. The monoisotopic (exact) mass is 308 g/mol. The summed E-state index contributed by atoms with van der Waals surface area (Å²) >= 11 is 3.35. The molecule has 0 bridgehead atoms. The maximum Gasteiger partial charge on any atom is 0.163 e. The molecule has 0 atom stereocenters. The van der Waals surface area contributed by atoms with Crippen molar-refractivity contribution in [2.24, 2.45) is 0 Å². The lowest BCUT2D eigenvalue weighted by Gasteiger charge is -2.10. The number of halogens is 2. The van der Waals surface area contributed by atoms with E-state index < -0.39 is 5.82 Å². The molecule has 0 aliphatic rings. The van der Waals surface area contributed by atoms with E-state index in [0.29, 0.717) is 11.5 Å². The second-order valence-corrected chi connectivity index (χ2v) is 4.58. The van der Waals surface area contributed by atoms with E-state index in [1.54, 1.807) is 6.07 Å². The fourth-order valence-corrected chi connectivity index (χ4v) is 1.88. The van der Waals surface area contributed by atoms with E-state index in [-0.39, 0.29) is 11.3 Å². The molecule has 4 heteroatoms. The molecule has 0 unspecified atom stereocenters. The Bertz CT molecular complexity index is 596. The average molecular weight is 309 g/mol. The molecular formula is C14H10BrFO2. The quantitative estimate of drug-likeness (QED) is 0.776. The highest BCUT2D eigenvalue weighted by Gasteiger charge is 2.11. The molecule has 2 aromatic carbocycles. The summed E-state index contributed by atoms with van der Waals surface area (Å²) in [6.45, 7) is 1.38. The fraction of sp³-hybridized carbons (Fsp3) is 0.0714. The molecule has 2 aromatic rings. The van der Waals surface area contributed by atoms with Crippen LogP contribution in [0.4, 0.5) is 4.39 Å². The molecular weight excluding hydrogens is 299 g/mol. The van der Waals surface area contributed by atoms with Crippen LogP contribution in [0, 0.1) is 5.82 Å². The van der Waals surface area contributed by atoms with Crippen molar-refractivity contribution >= 4 is 21.7 Å². The third kappa shape index (κ3) is 2.76. The zero-order chi connectivity index (χ0) is 13.1. The first-order valence-electron chi connectivity index (χ1n) is 5.31. The fourth-order valence-electron chi connectivity index (χ4n) is 1.51. The van der Waals surface area contributed by atoms with Gasteiger partial charge < -0.3 is 4.74 Å². The molecule has 2 rings (SSSR count). The van der Waals surface area contributed by atoms with Gasteiger partial charge in [0, 0.05) is 0 Å². The number of benzene rings is 2. The standard InChI is InChI=1S/C14H10BrFO2/c1-9(17)11-8-10(16)6-7-13(11)18-14-5-3-2-4-12(14)15/h2-8H,1H3. The zero-order valence-corrected chi connectivity index (χ0v) is 11.2. The molecule has 92 valence electrons. The summed E-state index contributed by atoms with van der Waals surface area (Å²) in [4.78, 5) is 11.4. The van der Waals surface area contributed by atoms with Gasteiger partial charge >= 0.3 is 0 Å². The second kappa shape index (κ2) is 5.31. The Hall–Kier alpha value is -1.68. The van der Waals surface area contributed by atoms with Crippen molar-refractivity contribution in [3.63, 3.8) is 0 Å². The molecule has 0 fully saturated rings. The van der Waals surface area contributed by atoms with Gasteiger partial charge in [-0.05, 0) is 53.2 Å². The Kier molecular flexibility index (Phi) is 3.77. The first kappa shape index (κ1) is 12.8. The van der Waals surface area contributed by atoms with E-state index in [4.69, 9.17) is 4.74 Å². The molecule has 0 aliphatic carbocycles. The molecule has 18 heavy (non-hydrogen) atoms. The van der Waals surface area contributed by atoms with Gasteiger partial charge in [-0.2, -0.15) is 0 Å². The molecule has 0 saturated heterocycles. The number of rotatable bonds is 3. The summed E-state index contributed by atoms with van der Waals surface area (Å²) in [5.41, 5.74) is 0.228. The Labute approximate surface area is 113 Å². The second-order valence-electron chi connectivity index (χ2n) is 3.73. The Morgan fingerprint density at radius 1 is 1.17 bits per heavy atom. The topological polar surface area (TPSA) is 26.3 Å². The number of hydrogen-bond donors (Lipinski definition) is 0. The van der Waals surface area contributed by atoms with E-state index in [0.717, 1.165) is 4.47 Å². The van der Waals surface area contributed by atoms with Crippen LogP contribution in [0.1, 0.15) is 17.3 Å². The highest BCUT2D eigenvalue weighted by atomic mass is 79.9. The van der Waals surface area contributed by atoms with Gasteiger partial charge in [0.25, 0.3) is 0 Å². The van der Waals surface area contributed by atoms with Gasteiger partial charge in [-0.1, -0.05) is 12.1 Å². The molecule has 0 radical (unpaired) electrons. The molecule has 0 N–H and O–H groups in total. The molecule has 2 nitrogen and oxygen atoms in total. The van der Waals surface area contributed by atoms with Crippen molar-refractivity contribution in [2.75, 3.05) is 0 Å². The number of carbonyl (C=O) groups excluding carboxylic acids is 1. The maximum absolute atomic E-state index is 13.1. The van der Waals surface area contributed by atoms with E-state index >= 15 is 0 Å². The zero-order valence-electron chi connectivity index (χ0n) is 9.61. The Balaban J connectivity index is 2.41. The number of carbonyl (C=O) groups is 1. The van der Waals surface area contributed by atoms with Gasteiger partial charge in [0.15, 0.2) is 5.78 Å². The third-order valence-corrected chi connectivity index (χ3v) is 3.03. The van der Waals surface area contributed by atoms with Crippen LogP contribution < -0.4 is 4.74 Å². The maximum atomic E-state index is 13.1. The largest absolute Gasteiger partial charge is 0.455 e. The van der Waals surface area contributed by atoms with Crippen molar-refractivity contribution in [3.05, 3.63) is 58.3 Å². The Morgan fingerprint density at radius 2 is 1.89 bits per heavy atom. The van der Waals surface area contributed by atoms with Gasteiger partial charge in [-0.3, -0.25) is 4.79 Å². The van der Waals surface area contributed by atoms with Crippen LogP contribution >= 0.6 is 15.9 Å². The number of Topliss-reactive ketones (excluding diaryl/α,β-unsaturated/α-hetero) is 1. The van der Waals surface area contributed by atoms with Gasteiger partial charge in [0.05, 0.1) is 10.0 Å². The summed E-state index contributed by atoms with van der Waals surface area (Å²) in [7, 11) is 0. The van der Waals surface area contributed by atoms with Gasteiger partial charge in [0.1, 0.15) is 17.3 Å². The lowest BCUT2D eigenvalue weighted by atomic mass is 10.1. The van der Waals surface area contributed by atoms with Crippen LogP contribution in [-0.2, 0) is 0 Å². The van der Waals surface area contributed by atoms with Crippen LogP contribution in [0.5, 0.6) is 11.5 Å². The molecule has 0 aliphatic heterocycles. The lowest BCUT2D eigenvalue weighted by molar-refractivity contribution is 0.101. The van der Waals surface area contributed by atoms with Crippen molar-refractivity contribution in [3.8, 4) is 11.5 Å². The van der Waals surface area contributed by atoms with Crippen LogP contribution in [0.2, 0.25) is 0 Å².